The molecule has 0 unspecified atom stereocenters. The molecule has 1 aromatic carbocycles. The van der Waals surface area contributed by atoms with Gasteiger partial charge in [-0.25, -0.2) is 4.98 Å². The first-order valence-corrected chi connectivity index (χ1v) is 10.6. The molecule has 1 aromatic heterocycles. The minimum atomic E-state index is -0.0659. The molecule has 2 aliphatic rings. The second kappa shape index (κ2) is 8.39. The first-order chi connectivity index (χ1) is 14.0. The van der Waals surface area contributed by atoms with Crippen LogP contribution in [0.3, 0.4) is 0 Å². The Morgan fingerprint density at radius 1 is 1.10 bits per heavy atom. The van der Waals surface area contributed by atoms with Crippen LogP contribution in [0.2, 0.25) is 0 Å². The van der Waals surface area contributed by atoms with Crippen LogP contribution >= 0.6 is 0 Å². The zero-order chi connectivity index (χ0) is 20.4. The second-order valence-electron chi connectivity index (χ2n) is 8.40. The van der Waals surface area contributed by atoms with Crippen molar-refractivity contribution in [2.45, 2.75) is 58.5 Å². The summed E-state index contributed by atoms with van der Waals surface area (Å²) in [5.41, 5.74) is 3.11. The molecular formula is C23H29N3O3. The van der Waals surface area contributed by atoms with Gasteiger partial charge in [-0.15, -0.1) is 0 Å². The maximum atomic E-state index is 12.9. The van der Waals surface area contributed by atoms with Crippen LogP contribution < -0.4 is 0 Å². The molecular weight excluding hydrogens is 366 g/mol. The fraction of sp³-hybridized carbons (Fsp3) is 0.522. The van der Waals surface area contributed by atoms with Crippen LogP contribution in [-0.2, 0) is 17.8 Å². The molecule has 4 rings (SSSR count). The van der Waals surface area contributed by atoms with Gasteiger partial charge in [-0.3, -0.25) is 9.59 Å². The zero-order valence-electron chi connectivity index (χ0n) is 17.3. The molecule has 2 aromatic rings. The van der Waals surface area contributed by atoms with Crippen LogP contribution in [0, 0.1) is 12.8 Å². The molecule has 1 aliphatic carbocycles. The van der Waals surface area contributed by atoms with Crippen molar-refractivity contribution in [3.05, 3.63) is 53.2 Å². The van der Waals surface area contributed by atoms with Gasteiger partial charge >= 0.3 is 0 Å². The van der Waals surface area contributed by atoms with Gasteiger partial charge < -0.3 is 14.2 Å². The van der Waals surface area contributed by atoms with Crippen LogP contribution in [0.5, 0.6) is 0 Å². The molecule has 0 bridgehead atoms. The molecule has 6 nitrogen and oxygen atoms in total. The van der Waals surface area contributed by atoms with Crippen LogP contribution in [0.15, 0.2) is 35.1 Å². The van der Waals surface area contributed by atoms with E-state index in [-0.39, 0.29) is 11.8 Å². The summed E-state index contributed by atoms with van der Waals surface area (Å²) in [7, 11) is 0. The summed E-state index contributed by atoms with van der Waals surface area (Å²) in [6.45, 7) is 5.80. The van der Waals surface area contributed by atoms with Crippen molar-refractivity contribution in [3.8, 4) is 0 Å². The van der Waals surface area contributed by atoms with E-state index in [1.807, 2.05) is 9.80 Å². The van der Waals surface area contributed by atoms with Gasteiger partial charge in [0, 0.05) is 32.6 Å². The molecule has 0 spiro atoms. The Labute approximate surface area is 171 Å². The number of oxazole rings is 1. The molecule has 2 fully saturated rings. The minimum Gasteiger partial charge on any atom is -0.438 e. The fourth-order valence-electron chi connectivity index (χ4n) is 4.15. The fourth-order valence-corrected chi connectivity index (χ4v) is 4.15. The highest BCUT2D eigenvalue weighted by Crippen LogP contribution is 2.30. The number of piperidine rings is 1. The number of carbonyl (C=O) groups is 2. The normalized spacial score (nSPS) is 17.4. The van der Waals surface area contributed by atoms with Gasteiger partial charge in [-0.05, 0) is 56.1 Å². The van der Waals surface area contributed by atoms with Gasteiger partial charge in [-0.1, -0.05) is 24.3 Å². The quantitative estimate of drug-likeness (QED) is 0.750. The van der Waals surface area contributed by atoms with Gasteiger partial charge in [0.2, 0.25) is 11.7 Å². The zero-order valence-corrected chi connectivity index (χ0v) is 17.3. The largest absolute Gasteiger partial charge is 0.438 e. The highest BCUT2D eigenvalue weighted by molar-refractivity contribution is 5.92. The van der Waals surface area contributed by atoms with Crippen LogP contribution in [0.4, 0.5) is 0 Å². The van der Waals surface area contributed by atoms with Crippen LogP contribution in [-0.4, -0.2) is 45.7 Å². The van der Waals surface area contributed by atoms with Crippen molar-refractivity contribution >= 4 is 11.8 Å². The summed E-state index contributed by atoms with van der Waals surface area (Å²) in [5, 5.41) is 0. The maximum absolute atomic E-state index is 12.9. The highest BCUT2D eigenvalue weighted by Gasteiger charge is 2.35. The van der Waals surface area contributed by atoms with E-state index in [2.05, 4.69) is 29.2 Å². The molecule has 1 saturated carbocycles. The first-order valence-electron chi connectivity index (χ1n) is 10.6. The van der Waals surface area contributed by atoms with Gasteiger partial charge in [0.1, 0.15) is 0 Å². The summed E-state index contributed by atoms with van der Waals surface area (Å²) in [6.07, 6.45) is 6.63. The maximum Gasteiger partial charge on any atom is 0.292 e. The molecule has 2 heterocycles. The molecule has 154 valence electrons. The van der Waals surface area contributed by atoms with E-state index in [0.717, 1.165) is 50.8 Å². The number of aryl methyl sites for hydroxylation is 1. The van der Waals surface area contributed by atoms with E-state index in [0.29, 0.717) is 30.0 Å². The predicted molar refractivity (Wildman–Crippen MR) is 109 cm³/mol. The topological polar surface area (TPSA) is 66.7 Å². The molecule has 6 heteroatoms. The van der Waals surface area contributed by atoms with E-state index in [9.17, 15) is 9.59 Å². The minimum absolute atomic E-state index is 0.0659. The summed E-state index contributed by atoms with van der Waals surface area (Å²) in [5.74, 6) is 1.10. The van der Waals surface area contributed by atoms with E-state index >= 15 is 0 Å². The Hall–Kier alpha value is -2.63. The van der Waals surface area contributed by atoms with Crippen molar-refractivity contribution in [1.82, 2.24) is 14.8 Å². The molecule has 29 heavy (non-hydrogen) atoms. The molecule has 0 N–H and O–H groups in total. The van der Waals surface area contributed by atoms with Crippen molar-refractivity contribution in [3.63, 3.8) is 0 Å². The molecule has 1 aliphatic heterocycles. The molecule has 0 atom stereocenters. The number of nitrogens with zero attached hydrogens (tertiary/aromatic N) is 3. The van der Waals surface area contributed by atoms with E-state index in [1.54, 1.807) is 13.8 Å². The Bertz CT molecular complexity index is 862. The number of hydrogen-bond donors (Lipinski definition) is 0. The third kappa shape index (κ3) is 4.69. The lowest BCUT2D eigenvalue weighted by molar-refractivity contribution is -0.130. The summed E-state index contributed by atoms with van der Waals surface area (Å²) in [4.78, 5) is 32.3. The monoisotopic (exact) mass is 395 g/mol. The number of aromatic nitrogens is 1. The number of hydrogen-bond acceptors (Lipinski definition) is 4. The Morgan fingerprint density at radius 2 is 1.76 bits per heavy atom. The third-order valence-corrected chi connectivity index (χ3v) is 6.15. The molecule has 0 radical (unpaired) electrons. The standard InChI is InChI=1S/C23H29N3O3/c1-16-22(29-15-24-16)23(28)26(21-7-8-21)14-20-5-3-18(4-6-20)13-19-9-11-25(12-10-19)17(2)27/h3-6,15,19,21H,7-14H2,1-2H3. The predicted octanol–water partition coefficient (Wildman–Crippen LogP) is 3.59. The highest BCUT2D eigenvalue weighted by atomic mass is 16.3. The van der Waals surface area contributed by atoms with Crippen molar-refractivity contribution in [2.24, 2.45) is 5.92 Å². The Morgan fingerprint density at radius 3 is 2.31 bits per heavy atom. The van der Waals surface area contributed by atoms with E-state index in [4.69, 9.17) is 4.42 Å². The lowest BCUT2D eigenvalue weighted by Crippen LogP contribution is -2.37. The molecule has 2 amide bonds. The summed E-state index contributed by atoms with van der Waals surface area (Å²) < 4.78 is 5.32. The second-order valence-corrected chi connectivity index (χ2v) is 8.40. The summed E-state index contributed by atoms with van der Waals surface area (Å²) >= 11 is 0. The molecule has 1 saturated heterocycles. The SMILES string of the molecule is CC(=O)N1CCC(Cc2ccc(CN(C(=O)c3ocnc3C)C3CC3)cc2)CC1. The van der Waals surface area contributed by atoms with Gasteiger partial charge in [0.05, 0.1) is 5.69 Å². The van der Waals surface area contributed by atoms with Crippen LogP contribution in [0.1, 0.15) is 60.0 Å². The average molecular weight is 396 g/mol. The van der Waals surface area contributed by atoms with E-state index < -0.39 is 0 Å². The van der Waals surface area contributed by atoms with Gasteiger partial charge in [0.15, 0.2) is 6.39 Å². The average Bonchev–Trinajstić information content (AvgIpc) is 3.47. The number of likely N-dealkylation sites (tertiary alicyclic amines) is 1. The van der Waals surface area contributed by atoms with Gasteiger partial charge in [0.25, 0.3) is 5.91 Å². The first kappa shape index (κ1) is 19.7. The summed E-state index contributed by atoms with van der Waals surface area (Å²) in [6, 6.07) is 8.94. The van der Waals surface area contributed by atoms with Crippen molar-refractivity contribution in [2.75, 3.05) is 13.1 Å². The lowest BCUT2D eigenvalue weighted by atomic mass is 9.90. The Kier molecular flexibility index (Phi) is 5.69. The van der Waals surface area contributed by atoms with Crippen molar-refractivity contribution in [1.29, 1.82) is 0 Å². The Balaban J connectivity index is 1.35. The number of benzene rings is 1. The third-order valence-electron chi connectivity index (χ3n) is 6.15. The van der Waals surface area contributed by atoms with Crippen molar-refractivity contribution < 1.29 is 14.0 Å². The van der Waals surface area contributed by atoms with E-state index in [1.165, 1.54) is 12.0 Å². The van der Waals surface area contributed by atoms with Gasteiger partial charge in [-0.2, -0.15) is 0 Å². The lowest BCUT2D eigenvalue weighted by Gasteiger charge is -2.31. The number of carbonyl (C=O) groups excluding carboxylic acids is 2. The number of amides is 2. The smallest absolute Gasteiger partial charge is 0.292 e. The number of rotatable bonds is 6. The van der Waals surface area contributed by atoms with Crippen LogP contribution in [0.25, 0.3) is 0 Å².